The van der Waals surface area contributed by atoms with Gasteiger partial charge in [-0.15, -0.1) is 0 Å². The van der Waals surface area contributed by atoms with E-state index in [1.165, 1.54) is 30.2 Å². The van der Waals surface area contributed by atoms with E-state index in [1.54, 1.807) is 36.4 Å². The molecule has 1 saturated heterocycles. The summed E-state index contributed by atoms with van der Waals surface area (Å²) in [6.45, 7) is 8.43. The number of hydrogen-bond donors (Lipinski definition) is 1. The van der Waals surface area contributed by atoms with Crippen LogP contribution in [0, 0.1) is 6.92 Å². The van der Waals surface area contributed by atoms with Crippen molar-refractivity contribution in [3.63, 3.8) is 0 Å². The molecule has 1 amide bonds. The first-order valence-electron chi connectivity index (χ1n) is 11.1. The quantitative estimate of drug-likeness (QED) is 0.571. The number of benzene rings is 2. The number of carbonyl (C=O) groups excluding carboxylic acids is 1. The molecule has 0 saturated carbocycles. The average Bonchev–Trinajstić information content (AvgIpc) is 3.29. The van der Waals surface area contributed by atoms with Gasteiger partial charge < -0.3 is 10.2 Å². The van der Waals surface area contributed by atoms with Gasteiger partial charge in [-0.2, -0.15) is 4.31 Å². The molecule has 0 bridgehead atoms. The molecule has 1 fully saturated rings. The van der Waals surface area contributed by atoms with Gasteiger partial charge in [0.2, 0.25) is 10.0 Å². The highest BCUT2D eigenvalue weighted by Crippen LogP contribution is 2.19. The molecule has 2 aromatic carbocycles. The SMILES string of the molecule is CCN(Cc1ccc(C(=O)NCCCN2CCCC2)cc1)S(=O)(=O)c1ccc(C)cc1. The van der Waals surface area contributed by atoms with Gasteiger partial charge in [0.15, 0.2) is 0 Å². The van der Waals surface area contributed by atoms with Crippen LogP contribution in [-0.4, -0.2) is 56.3 Å². The first kappa shape index (κ1) is 23.4. The highest BCUT2D eigenvalue weighted by molar-refractivity contribution is 7.89. The molecule has 7 heteroatoms. The van der Waals surface area contributed by atoms with Crippen LogP contribution >= 0.6 is 0 Å². The lowest BCUT2D eigenvalue weighted by Crippen LogP contribution is -2.30. The molecule has 1 N–H and O–H groups in total. The maximum Gasteiger partial charge on any atom is 0.251 e. The van der Waals surface area contributed by atoms with E-state index in [1.807, 2.05) is 26.0 Å². The van der Waals surface area contributed by atoms with Crippen molar-refractivity contribution in [3.05, 3.63) is 65.2 Å². The maximum atomic E-state index is 13.0. The third-order valence-electron chi connectivity index (χ3n) is 5.72. The first-order valence-corrected chi connectivity index (χ1v) is 12.5. The van der Waals surface area contributed by atoms with Gasteiger partial charge in [-0.05, 0) is 75.6 Å². The first-order chi connectivity index (χ1) is 14.9. The molecule has 0 unspecified atom stereocenters. The van der Waals surface area contributed by atoms with Crippen molar-refractivity contribution >= 4 is 15.9 Å². The molecular formula is C24H33N3O3S. The number of amides is 1. The molecule has 0 spiro atoms. The zero-order chi connectivity index (χ0) is 22.3. The van der Waals surface area contributed by atoms with Crippen molar-refractivity contribution in [1.82, 2.24) is 14.5 Å². The van der Waals surface area contributed by atoms with E-state index in [-0.39, 0.29) is 12.5 Å². The molecular weight excluding hydrogens is 410 g/mol. The fourth-order valence-corrected chi connectivity index (χ4v) is 5.24. The number of sulfonamides is 1. The highest BCUT2D eigenvalue weighted by atomic mass is 32.2. The molecule has 1 aliphatic heterocycles. The van der Waals surface area contributed by atoms with Gasteiger partial charge in [-0.3, -0.25) is 4.79 Å². The Hall–Kier alpha value is -2.22. The standard InChI is InChI=1S/C24H33N3O3S/c1-3-27(31(29,30)23-13-7-20(2)8-14-23)19-21-9-11-22(12-10-21)24(28)25-15-6-18-26-16-4-5-17-26/h7-14H,3-6,15-19H2,1-2H3,(H,25,28). The molecule has 0 aliphatic carbocycles. The fourth-order valence-electron chi connectivity index (χ4n) is 3.80. The van der Waals surface area contributed by atoms with Crippen LogP contribution in [0.2, 0.25) is 0 Å². The van der Waals surface area contributed by atoms with Gasteiger partial charge in [0.1, 0.15) is 0 Å². The number of nitrogens with one attached hydrogen (secondary N) is 1. The van der Waals surface area contributed by atoms with Crippen molar-refractivity contribution in [2.24, 2.45) is 0 Å². The van der Waals surface area contributed by atoms with E-state index in [4.69, 9.17) is 0 Å². The molecule has 168 valence electrons. The number of aryl methyl sites for hydroxylation is 1. The van der Waals surface area contributed by atoms with Crippen LogP contribution in [0.15, 0.2) is 53.4 Å². The zero-order valence-corrected chi connectivity index (χ0v) is 19.3. The zero-order valence-electron chi connectivity index (χ0n) is 18.5. The number of carbonyl (C=O) groups is 1. The molecule has 1 heterocycles. The van der Waals surface area contributed by atoms with Crippen molar-refractivity contribution in [2.75, 3.05) is 32.7 Å². The van der Waals surface area contributed by atoms with Crippen LogP contribution in [-0.2, 0) is 16.6 Å². The van der Waals surface area contributed by atoms with Crippen LogP contribution in [0.25, 0.3) is 0 Å². The Kier molecular flexibility index (Phi) is 8.23. The van der Waals surface area contributed by atoms with E-state index in [0.717, 1.165) is 24.1 Å². The second kappa shape index (κ2) is 10.9. The smallest absolute Gasteiger partial charge is 0.251 e. The monoisotopic (exact) mass is 443 g/mol. The molecule has 0 radical (unpaired) electrons. The lowest BCUT2D eigenvalue weighted by molar-refractivity contribution is 0.0952. The number of nitrogens with zero attached hydrogens (tertiary/aromatic N) is 2. The minimum Gasteiger partial charge on any atom is -0.352 e. The van der Waals surface area contributed by atoms with Crippen LogP contribution in [0.4, 0.5) is 0 Å². The predicted octanol–water partition coefficient (Wildman–Crippen LogP) is 3.42. The molecule has 2 aromatic rings. The molecule has 1 aliphatic rings. The van der Waals surface area contributed by atoms with Crippen LogP contribution in [0.5, 0.6) is 0 Å². The predicted molar refractivity (Wildman–Crippen MR) is 124 cm³/mol. The Morgan fingerprint density at radius 3 is 2.29 bits per heavy atom. The van der Waals surface area contributed by atoms with Crippen molar-refractivity contribution in [2.45, 2.75) is 44.6 Å². The molecule has 3 rings (SSSR count). The van der Waals surface area contributed by atoms with Gasteiger partial charge in [-0.25, -0.2) is 8.42 Å². The summed E-state index contributed by atoms with van der Waals surface area (Å²) in [5, 5.41) is 2.97. The topological polar surface area (TPSA) is 69.7 Å². The van der Waals surface area contributed by atoms with Gasteiger partial charge in [0.05, 0.1) is 4.90 Å². The van der Waals surface area contributed by atoms with E-state index in [2.05, 4.69) is 10.2 Å². The van der Waals surface area contributed by atoms with Crippen LogP contribution in [0.3, 0.4) is 0 Å². The Balaban J connectivity index is 1.54. The summed E-state index contributed by atoms with van der Waals surface area (Å²) in [5.41, 5.74) is 2.46. The molecule has 31 heavy (non-hydrogen) atoms. The Bertz CT molecular complexity index is 951. The lowest BCUT2D eigenvalue weighted by atomic mass is 10.1. The minimum atomic E-state index is -3.56. The summed E-state index contributed by atoms with van der Waals surface area (Å²) in [7, 11) is -3.56. The molecule has 0 atom stereocenters. The molecule has 0 aromatic heterocycles. The normalized spacial score (nSPS) is 14.8. The van der Waals surface area contributed by atoms with E-state index in [9.17, 15) is 13.2 Å². The highest BCUT2D eigenvalue weighted by Gasteiger charge is 2.23. The van der Waals surface area contributed by atoms with E-state index in [0.29, 0.717) is 23.5 Å². The minimum absolute atomic E-state index is 0.0902. The summed E-state index contributed by atoms with van der Waals surface area (Å²) in [6.07, 6.45) is 3.51. The summed E-state index contributed by atoms with van der Waals surface area (Å²) in [6, 6.07) is 14.1. The van der Waals surface area contributed by atoms with Crippen LogP contribution in [0.1, 0.15) is 47.7 Å². The summed E-state index contributed by atoms with van der Waals surface area (Å²) in [5.74, 6) is -0.0902. The summed E-state index contributed by atoms with van der Waals surface area (Å²) in [4.78, 5) is 15.1. The third-order valence-corrected chi connectivity index (χ3v) is 7.66. The second-order valence-corrected chi connectivity index (χ2v) is 10.0. The van der Waals surface area contributed by atoms with Crippen molar-refractivity contribution in [1.29, 1.82) is 0 Å². The Morgan fingerprint density at radius 1 is 1.03 bits per heavy atom. The summed E-state index contributed by atoms with van der Waals surface area (Å²) < 4.78 is 27.4. The van der Waals surface area contributed by atoms with E-state index < -0.39 is 10.0 Å². The van der Waals surface area contributed by atoms with Gasteiger partial charge >= 0.3 is 0 Å². The maximum absolute atomic E-state index is 13.0. The van der Waals surface area contributed by atoms with Gasteiger partial charge in [-0.1, -0.05) is 36.8 Å². The fraction of sp³-hybridized carbons (Fsp3) is 0.458. The number of hydrogen-bond acceptors (Lipinski definition) is 4. The van der Waals surface area contributed by atoms with Crippen molar-refractivity contribution in [3.8, 4) is 0 Å². The number of likely N-dealkylation sites (tertiary alicyclic amines) is 1. The van der Waals surface area contributed by atoms with Gasteiger partial charge in [0, 0.05) is 25.2 Å². The Morgan fingerprint density at radius 2 is 1.68 bits per heavy atom. The van der Waals surface area contributed by atoms with Crippen LogP contribution < -0.4 is 5.32 Å². The second-order valence-electron chi connectivity index (χ2n) is 8.10. The van der Waals surface area contributed by atoms with E-state index >= 15 is 0 Å². The van der Waals surface area contributed by atoms with Crippen molar-refractivity contribution < 1.29 is 13.2 Å². The molecule has 6 nitrogen and oxygen atoms in total. The summed E-state index contributed by atoms with van der Waals surface area (Å²) >= 11 is 0. The van der Waals surface area contributed by atoms with Gasteiger partial charge in [0.25, 0.3) is 5.91 Å². The lowest BCUT2D eigenvalue weighted by Gasteiger charge is -2.21. The third kappa shape index (κ3) is 6.38. The number of rotatable bonds is 10. The average molecular weight is 444 g/mol. The largest absolute Gasteiger partial charge is 0.352 e. The Labute approximate surface area is 186 Å².